The molecule has 0 spiro atoms. The van der Waals surface area contributed by atoms with Crippen molar-refractivity contribution in [3.8, 4) is 12.3 Å². The highest BCUT2D eigenvalue weighted by atomic mass is 16.7. The lowest BCUT2D eigenvalue weighted by Crippen LogP contribution is -2.23. The van der Waals surface area contributed by atoms with E-state index in [-0.39, 0.29) is 12.2 Å². The summed E-state index contributed by atoms with van der Waals surface area (Å²) < 4.78 is 11.4. The monoisotopic (exact) mass is 216 g/mol. The van der Waals surface area contributed by atoms with Crippen LogP contribution < -0.4 is 0 Å². The SMILES string of the molecule is C#C[C@H]1OC(C)(C)O[C@@H]1Cc1ccccc1. The van der Waals surface area contributed by atoms with Gasteiger partial charge in [-0.1, -0.05) is 36.3 Å². The van der Waals surface area contributed by atoms with E-state index in [1.54, 1.807) is 0 Å². The maximum Gasteiger partial charge on any atom is 0.165 e. The Morgan fingerprint density at radius 1 is 1.25 bits per heavy atom. The van der Waals surface area contributed by atoms with Gasteiger partial charge in [0.25, 0.3) is 0 Å². The van der Waals surface area contributed by atoms with Gasteiger partial charge in [0.2, 0.25) is 0 Å². The lowest BCUT2D eigenvalue weighted by molar-refractivity contribution is -0.142. The summed E-state index contributed by atoms with van der Waals surface area (Å²) in [5.41, 5.74) is 1.22. The van der Waals surface area contributed by atoms with Gasteiger partial charge in [-0.25, -0.2) is 0 Å². The van der Waals surface area contributed by atoms with E-state index < -0.39 is 5.79 Å². The highest BCUT2D eigenvalue weighted by Gasteiger charge is 2.40. The van der Waals surface area contributed by atoms with Crippen molar-refractivity contribution in [2.24, 2.45) is 0 Å². The third kappa shape index (κ3) is 2.44. The molecule has 0 bridgehead atoms. The van der Waals surface area contributed by atoms with E-state index in [0.717, 1.165) is 6.42 Å². The molecule has 2 rings (SSSR count). The average molecular weight is 216 g/mol. The summed E-state index contributed by atoms with van der Waals surface area (Å²) in [6.45, 7) is 3.78. The Balaban J connectivity index is 2.08. The average Bonchev–Trinajstić information content (AvgIpc) is 2.54. The van der Waals surface area contributed by atoms with Gasteiger partial charge in [-0.15, -0.1) is 6.42 Å². The molecule has 0 aliphatic carbocycles. The molecule has 0 N–H and O–H groups in total. The van der Waals surface area contributed by atoms with E-state index in [4.69, 9.17) is 15.9 Å². The second-order valence-electron chi connectivity index (χ2n) is 4.45. The van der Waals surface area contributed by atoms with Gasteiger partial charge in [-0.05, 0) is 19.4 Å². The number of ether oxygens (including phenoxy) is 2. The molecule has 16 heavy (non-hydrogen) atoms. The molecule has 2 heteroatoms. The Morgan fingerprint density at radius 2 is 1.94 bits per heavy atom. The smallest absolute Gasteiger partial charge is 0.165 e. The van der Waals surface area contributed by atoms with Crippen LogP contribution in [0.1, 0.15) is 19.4 Å². The molecule has 0 unspecified atom stereocenters. The number of hydrogen-bond donors (Lipinski definition) is 0. The molecule has 0 radical (unpaired) electrons. The van der Waals surface area contributed by atoms with E-state index in [9.17, 15) is 0 Å². The van der Waals surface area contributed by atoms with Gasteiger partial charge in [0.15, 0.2) is 5.79 Å². The van der Waals surface area contributed by atoms with Crippen molar-refractivity contribution < 1.29 is 9.47 Å². The topological polar surface area (TPSA) is 18.5 Å². The molecule has 1 saturated heterocycles. The van der Waals surface area contributed by atoms with Crippen LogP contribution in [0.3, 0.4) is 0 Å². The molecule has 1 aliphatic heterocycles. The van der Waals surface area contributed by atoms with Gasteiger partial charge < -0.3 is 9.47 Å². The molecule has 1 heterocycles. The molecule has 1 aromatic carbocycles. The van der Waals surface area contributed by atoms with Gasteiger partial charge >= 0.3 is 0 Å². The fourth-order valence-electron chi connectivity index (χ4n) is 1.97. The Bertz CT molecular complexity index is 389. The molecule has 0 saturated carbocycles. The van der Waals surface area contributed by atoms with Crippen LogP contribution >= 0.6 is 0 Å². The third-order valence-electron chi connectivity index (χ3n) is 2.63. The van der Waals surface area contributed by atoms with Crippen molar-refractivity contribution in [2.75, 3.05) is 0 Å². The highest BCUT2D eigenvalue weighted by Crippen LogP contribution is 2.29. The first-order chi connectivity index (χ1) is 7.61. The Kier molecular flexibility index (Phi) is 3.00. The van der Waals surface area contributed by atoms with Gasteiger partial charge in [0.1, 0.15) is 12.2 Å². The number of terminal acetylenes is 1. The van der Waals surface area contributed by atoms with Gasteiger partial charge in [0.05, 0.1) is 0 Å². The van der Waals surface area contributed by atoms with Crippen molar-refractivity contribution in [3.63, 3.8) is 0 Å². The van der Waals surface area contributed by atoms with Crippen LogP contribution in [-0.2, 0) is 15.9 Å². The van der Waals surface area contributed by atoms with Gasteiger partial charge in [-0.3, -0.25) is 0 Å². The zero-order chi connectivity index (χ0) is 11.6. The van der Waals surface area contributed by atoms with Crippen LogP contribution in [0.2, 0.25) is 0 Å². The summed E-state index contributed by atoms with van der Waals surface area (Å²) in [6, 6.07) is 10.2. The van der Waals surface area contributed by atoms with E-state index in [0.29, 0.717) is 0 Å². The summed E-state index contributed by atoms with van der Waals surface area (Å²) in [5.74, 6) is 2.07. The molecular formula is C14H16O2. The van der Waals surface area contributed by atoms with Crippen LogP contribution in [0, 0.1) is 12.3 Å². The minimum absolute atomic E-state index is 0.0533. The second kappa shape index (κ2) is 4.29. The summed E-state index contributed by atoms with van der Waals surface area (Å²) in [5, 5.41) is 0. The van der Waals surface area contributed by atoms with Crippen LogP contribution in [0.5, 0.6) is 0 Å². The highest BCUT2D eigenvalue weighted by molar-refractivity contribution is 5.17. The standard InChI is InChI=1S/C14H16O2/c1-4-12-13(16-14(2,3)15-12)10-11-8-6-5-7-9-11/h1,5-9,12-13H,10H2,2-3H3/t12-,13-/m1/s1. The van der Waals surface area contributed by atoms with Crippen LogP contribution in [0.4, 0.5) is 0 Å². The quantitative estimate of drug-likeness (QED) is 0.707. The fraction of sp³-hybridized carbons (Fsp3) is 0.429. The first-order valence-electron chi connectivity index (χ1n) is 5.46. The maximum absolute atomic E-state index is 5.79. The predicted octanol–water partition coefficient (Wildman–Crippen LogP) is 2.38. The molecule has 1 aliphatic rings. The number of benzene rings is 1. The fourth-order valence-corrected chi connectivity index (χ4v) is 1.97. The van der Waals surface area contributed by atoms with Crippen molar-refractivity contribution in [2.45, 2.75) is 38.3 Å². The predicted molar refractivity (Wildman–Crippen MR) is 62.8 cm³/mol. The minimum atomic E-state index is -0.573. The Hall–Kier alpha value is -1.30. The zero-order valence-corrected chi connectivity index (χ0v) is 9.64. The molecule has 0 aromatic heterocycles. The maximum atomic E-state index is 5.79. The first kappa shape index (κ1) is 11.2. The third-order valence-corrected chi connectivity index (χ3v) is 2.63. The largest absolute Gasteiger partial charge is 0.343 e. The van der Waals surface area contributed by atoms with E-state index in [1.165, 1.54) is 5.56 Å². The molecule has 1 aromatic rings. The number of rotatable bonds is 2. The summed E-state index contributed by atoms with van der Waals surface area (Å²) >= 11 is 0. The lowest BCUT2D eigenvalue weighted by Gasteiger charge is -2.16. The van der Waals surface area contributed by atoms with E-state index in [1.807, 2.05) is 32.0 Å². The van der Waals surface area contributed by atoms with E-state index in [2.05, 4.69) is 18.1 Å². The van der Waals surface area contributed by atoms with Gasteiger partial charge in [-0.2, -0.15) is 0 Å². The zero-order valence-electron chi connectivity index (χ0n) is 9.64. The van der Waals surface area contributed by atoms with Crippen LogP contribution in [0.25, 0.3) is 0 Å². The summed E-state index contributed by atoms with van der Waals surface area (Å²) in [4.78, 5) is 0. The Labute approximate surface area is 96.6 Å². The normalized spacial score (nSPS) is 27.6. The second-order valence-corrected chi connectivity index (χ2v) is 4.45. The number of hydrogen-bond acceptors (Lipinski definition) is 2. The molecule has 1 fully saturated rings. The van der Waals surface area contributed by atoms with Crippen LogP contribution in [0.15, 0.2) is 30.3 Å². The van der Waals surface area contributed by atoms with Crippen molar-refractivity contribution >= 4 is 0 Å². The molecular weight excluding hydrogens is 200 g/mol. The molecule has 84 valence electrons. The Morgan fingerprint density at radius 3 is 2.56 bits per heavy atom. The molecule has 2 atom stereocenters. The first-order valence-corrected chi connectivity index (χ1v) is 5.46. The van der Waals surface area contributed by atoms with Crippen molar-refractivity contribution in [1.29, 1.82) is 0 Å². The van der Waals surface area contributed by atoms with Crippen molar-refractivity contribution in [3.05, 3.63) is 35.9 Å². The molecule has 0 amide bonds. The van der Waals surface area contributed by atoms with E-state index >= 15 is 0 Å². The van der Waals surface area contributed by atoms with Crippen molar-refractivity contribution in [1.82, 2.24) is 0 Å². The minimum Gasteiger partial charge on any atom is -0.343 e. The van der Waals surface area contributed by atoms with Crippen LogP contribution in [-0.4, -0.2) is 18.0 Å². The lowest BCUT2D eigenvalue weighted by atomic mass is 10.0. The van der Waals surface area contributed by atoms with Gasteiger partial charge in [0, 0.05) is 6.42 Å². The summed E-state index contributed by atoms with van der Waals surface area (Å²) in [7, 11) is 0. The summed E-state index contributed by atoms with van der Waals surface area (Å²) in [6.07, 6.45) is 5.93. The molecule has 2 nitrogen and oxygen atoms in total.